The molecule has 1 saturated heterocycles. The fourth-order valence-corrected chi connectivity index (χ4v) is 1.67. The molecule has 3 rings (SSSR count). The first-order valence-corrected chi connectivity index (χ1v) is 4.96. The number of hydrogen-bond acceptors (Lipinski definition) is 3. The van der Waals surface area contributed by atoms with Gasteiger partial charge in [0.2, 0.25) is 6.02 Å². The smallest absolute Gasteiger partial charge is 0.239 e. The minimum atomic E-state index is -3.95. The van der Waals surface area contributed by atoms with E-state index < -0.39 is 66.8 Å². The Bertz CT molecular complexity index is 770. The third-order valence-corrected chi connectivity index (χ3v) is 2.59. The summed E-state index contributed by atoms with van der Waals surface area (Å²) >= 11 is 0. The van der Waals surface area contributed by atoms with E-state index in [9.17, 15) is 10.1 Å². The minimum Gasteiger partial charge on any atom is -0.367 e. The van der Waals surface area contributed by atoms with E-state index in [2.05, 4.69) is 0 Å². The maximum atomic E-state index is 11.8. The van der Waals surface area contributed by atoms with Crippen LogP contribution in [0.1, 0.15) is 62.5 Å². The third-order valence-electron chi connectivity index (χ3n) is 2.59. The molecule has 4 atom stereocenters. The average molecular weight is 238 g/mol. The van der Waals surface area contributed by atoms with Crippen LogP contribution in [-0.4, -0.2) is 23.1 Å². The van der Waals surface area contributed by atoms with Gasteiger partial charge in [0.1, 0.15) is 7.45 Å². The van der Waals surface area contributed by atoms with Gasteiger partial charge in [0.05, 0.1) is 7.47 Å². The molecule has 0 bridgehead atoms. The Morgan fingerprint density at radius 2 is 2.12 bits per heavy atom. The third kappa shape index (κ3) is 1.83. The molecule has 2 aliphatic carbocycles. The van der Waals surface area contributed by atoms with E-state index in [4.69, 9.17) is 22.6 Å². The summed E-state index contributed by atoms with van der Waals surface area (Å²) < 4.78 is 111. The summed E-state index contributed by atoms with van der Waals surface area (Å²) in [5, 5.41) is 11.8. The first kappa shape index (κ1) is 3.44. The summed E-state index contributed by atoms with van der Waals surface area (Å²) in [6, 6.07) is -3.80. The molecular weight excluding hydrogens is 206 g/mol. The van der Waals surface area contributed by atoms with Crippen LogP contribution in [0, 0.1) is 21.9 Å². The zero-order valence-corrected chi connectivity index (χ0v) is 8.24. The highest BCUT2D eigenvalue weighted by Crippen LogP contribution is 2.44. The van der Waals surface area contributed by atoms with Gasteiger partial charge in [-0.15, -0.1) is 0 Å². The lowest BCUT2D eigenvalue weighted by atomic mass is 9.78. The van der Waals surface area contributed by atoms with E-state index in [-0.39, 0.29) is 12.8 Å². The van der Waals surface area contributed by atoms with Gasteiger partial charge in [-0.1, -0.05) is 12.7 Å². The van der Waals surface area contributed by atoms with E-state index in [0.717, 1.165) is 0 Å². The zero-order chi connectivity index (χ0) is 22.9. The summed E-state index contributed by atoms with van der Waals surface area (Å²) in [6.45, 7) is 0. The number of rotatable bonds is 2. The number of nitro groups is 1. The molecule has 1 aliphatic heterocycles. The molecule has 0 spiro atoms. The van der Waals surface area contributed by atoms with Crippen LogP contribution in [0.5, 0.6) is 0 Å². The Morgan fingerprint density at radius 1 is 1.38 bits per heavy atom. The van der Waals surface area contributed by atoms with Crippen molar-refractivity contribution < 1.29 is 27.5 Å². The van der Waals surface area contributed by atoms with E-state index in [1.165, 1.54) is 0 Å². The topological polar surface area (TPSA) is 52.4 Å². The Hall–Kier alpha value is -0.640. The van der Waals surface area contributed by atoms with Gasteiger partial charge in [0, 0.05) is 26.4 Å². The van der Waals surface area contributed by atoms with Crippen LogP contribution in [0.2, 0.25) is 0 Å². The predicted octanol–water partition coefficient (Wildman–Crippen LogP) is 2.39. The van der Waals surface area contributed by atoms with E-state index in [1.54, 1.807) is 0 Å². The Labute approximate surface area is 114 Å². The summed E-state index contributed by atoms with van der Waals surface area (Å²) in [5.74, 6) is -4.86. The van der Waals surface area contributed by atoms with Crippen molar-refractivity contribution in [1.82, 2.24) is 0 Å². The molecule has 0 N–H and O–H groups in total. The SMILES string of the molecule is [2H]C1([2H])C2O[C@]([2H])(C3CC3)C([2H])([N+](=O)[O-])C([2H])([2H])C2([2H])C([2H])([2H])C([2H])([2H])C1([2H])[2H]. The van der Waals surface area contributed by atoms with Gasteiger partial charge in [0.25, 0.3) is 0 Å². The molecule has 0 amide bonds. The maximum Gasteiger partial charge on any atom is 0.239 e. The Balaban J connectivity index is 2.42. The van der Waals surface area contributed by atoms with Gasteiger partial charge in [0.15, 0.2) is 0 Å². The van der Waals surface area contributed by atoms with Gasteiger partial charge in [-0.05, 0) is 37.4 Å². The Kier molecular flexibility index (Phi) is 0.856. The summed E-state index contributed by atoms with van der Waals surface area (Å²) in [4.78, 5) is 10.3. The van der Waals surface area contributed by atoms with Crippen LogP contribution in [0.4, 0.5) is 0 Å². The lowest BCUT2D eigenvalue weighted by molar-refractivity contribution is -0.546. The molecule has 0 radical (unpaired) electrons. The molecule has 2 saturated carbocycles. The van der Waals surface area contributed by atoms with Gasteiger partial charge in [-0.3, -0.25) is 10.1 Å². The molecular formula is C12H19NO3. The van der Waals surface area contributed by atoms with Crippen molar-refractivity contribution in [1.29, 1.82) is 0 Å². The van der Waals surface area contributed by atoms with Crippen molar-refractivity contribution >= 4 is 0 Å². The number of nitrogens with zero attached hydrogens (tertiary/aromatic N) is 1. The van der Waals surface area contributed by atoms with Gasteiger partial charge < -0.3 is 4.74 Å². The lowest BCUT2D eigenvalue weighted by Gasteiger charge is -2.40. The van der Waals surface area contributed by atoms with Crippen LogP contribution >= 0.6 is 0 Å². The minimum absolute atomic E-state index is 0.107. The predicted molar refractivity (Wildman–Crippen MR) is 58.7 cm³/mol. The molecule has 90 valence electrons. The van der Waals surface area contributed by atoms with E-state index in [1.807, 2.05) is 0 Å². The molecule has 3 unspecified atom stereocenters. The second-order valence-corrected chi connectivity index (χ2v) is 3.80. The lowest BCUT2D eigenvalue weighted by Crippen LogP contribution is -2.49. The van der Waals surface area contributed by atoms with Crippen LogP contribution in [0.15, 0.2) is 0 Å². The van der Waals surface area contributed by atoms with Gasteiger partial charge in [-0.25, -0.2) is 0 Å². The average Bonchev–Trinajstić information content (AvgIpc) is 3.39. The molecule has 4 heteroatoms. The molecule has 4 nitrogen and oxygen atoms in total. The first-order chi connectivity index (χ1) is 12.6. The van der Waals surface area contributed by atoms with Crippen LogP contribution < -0.4 is 0 Å². The van der Waals surface area contributed by atoms with Gasteiger partial charge in [-0.2, -0.15) is 0 Å². The Morgan fingerprint density at radius 3 is 2.81 bits per heavy atom. The molecule has 1 heterocycles. The van der Waals surface area contributed by atoms with Crippen LogP contribution in [-0.2, 0) is 4.74 Å². The second kappa shape index (κ2) is 3.99. The highest BCUT2D eigenvalue weighted by atomic mass is 16.6. The standard InChI is InChI=1S/C12H19NO3/c14-13(15)10-7-9-3-1-2-4-11(9)16-12(10)8-5-6-8/h8-12H,1-7H2/t9?,10?,11?,12-/m1/s1/i1D2,2D2,3D2,4D2,7D2,9D,10D,12D. The second-order valence-electron chi connectivity index (χ2n) is 3.80. The zero-order valence-electron chi connectivity index (χ0n) is 21.2. The van der Waals surface area contributed by atoms with Crippen LogP contribution in [0.25, 0.3) is 0 Å². The number of fused-ring (bicyclic) bond motifs is 1. The van der Waals surface area contributed by atoms with Crippen molar-refractivity contribution in [2.45, 2.75) is 62.9 Å². The quantitative estimate of drug-likeness (QED) is 0.548. The van der Waals surface area contributed by atoms with Crippen molar-refractivity contribution in [3.8, 4) is 0 Å². The fraction of sp³-hybridized carbons (Fsp3) is 1.00. The van der Waals surface area contributed by atoms with Crippen LogP contribution in [0.3, 0.4) is 0 Å². The highest BCUT2D eigenvalue weighted by Gasteiger charge is 2.50. The monoisotopic (exact) mass is 238 g/mol. The van der Waals surface area contributed by atoms with Crippen molar-refractivity contribution in [3.05, 3.63) is 10.1 Å². The molecule has 0 aromatic rings. The molecule has 0 aromatic carbocycles. The summed E-state index contributed by atoms with van der Waals surface area (Å²) in [6.07, 6.45) is -24.4. The fourth-order valence-electron chi connectivity index (χ4n) is 1.67. The largest absolute Gasteiger partial charge is 0.367 e. The summed E-state index contributed by atoms with van der Waals surface area (Å²) in [7, 11) is 0. The first-order valence-electron chi connectivity index (χ1n) is 11.5. The van der Waals surface area contributed by atoms with E-state index >= 15 is 0 Å². The molecule has 3 fully saturated rings. The molecule has 0 aromatic heterocycles. The normalized spacial score (nSPS) is 85.2. The van der Waals surface area contributed by atoms with Crippen molar-refractivity contribution in [3.63, 3.8) is 0 Å². The van der Waals surface area contributed by atoms with Gasteiger partial charge >= 0.3 is 0 Å². The highest BCUT2D eigenvalue weighted by molar-refractivity contribution is 4.94. The molecule has 3 aliphatic rings. The number of hydrogen-bond donors (Lipinski definition) is 0. The van der Waals surface area contributed by atoms with Crippen molar-refractivity contribution in [2.24, 2.45) is 11.8 Å². The summed E-state index contributed by atoms with van der Waals surface area (Å²) in [5.41, 5.74) is 0. The van der Waals surface area contributed by atoms with Crippen molar-refractivity contribution in [2.75, 3.05) is 0 Å². The molecule has 16 heavy (non-hydrogen) atoms. The maximum absolute atomic E-state index is 11.8. The van der Waals surface area contributed by atoms with E-state index in [0.29, 0.717) is 0 Å². The number of ether oxygens (including phenoxy) is 1.